The number of ether oxygens (including phenoxy) is 1. The Kier molecular flexibility index (Phi) is 7.06. The van der Waals surface area contributed by atoms with Crippen LogP contribution in [-0.4, -0.2) is 33.9 Å². The van der Waals surface area contributed by atoms with Crippen LogP contribution >= 0.6 is 11.3 Å². The monoisotopic (exact) mass is 652 g/mol. The average molecular weight is 653 g/mol. The number of pyridine rings is 1. The van der Waals surface area contributed by atoms with Crippen LogP contribution in [0.4, 0.5) is 15.9 Å². The molecule has 7 rings (SSSR count). The zero-order chi connectivity index (χ0) is 32.2. The van der Waals surface area contributed by atoms with Crippen LogP contribution in [-0.2, 0) is 10.0 Å². The molecule has 0 saturated heterocycles. The molecular formula is C33H25FN6O4S2. The Morgan fingerprint density at radius 3 is 2.61 bits per heavy atom. The fourth-order valence-corrected chi connectivity index (χ4v) is 7.82. The number of rotatable bonds is 8. The topological polar surface area (TPSA) is 145 Å². The number of anilines is 2. The summed E-state index contributed by atoms with van der Waals surface area (Å²) in [6.45, 7) is 3.59. The van der Waals surface area contributed by atoms with E-state index in [1.165, 1.54) is 40.5 Å². The third kappa shape index (κ3) is 5.14. The van der Waals surface area contributed by atoms with Gasteiger partial charge in [0.2, 0.25) is 11.7 Å². The Hall–Kier alpha value is -5.53. The number of thiophene rings is 1. The highest BCUT2D eigenvalue weighted by Gasteiger charge is 2.23. The van der Waals surface area contributed by atoms with E-state index >= 15 is 0 Å². The van der Waals surface area contributed by atoms with E-state index in [2.05, 4.69) is 19.8 Å². The Morgan fingerprint density at radius 2 is 1.80 bits per heavy atom. The number of nitrogen functional groups attached to an aromatic ring is 1. The smallest absolute Gasteiger partial charge is 0.263 e. The number of aromatic nitrogens is 4. The number of sulfonamides is 1. The van der Waals surface area contributed by atoms with Gasteiger partial charge in [-0.1, -0.05) is 30.3 Å². The van der Waals surface area contributed by atoms with Gasteiger partial charge in [0.1, 0.15) is 10.7 Å². The third-order valence-corrected chi connectivity index (χ3v) is 10.1. The summed E-state index contributed by atoms with van der Waals surface area (Å²) in [5.41, 5.74) is 9.67. The summed E-state index contributed by atoms with van der Waals surface area (Å²) in [5, 5.41) is 7.34. The molecule has 7 aromatic rings. The van der Waals surface area contributed by atoms with Crippen molar-refractivity contribution in [2.24, 2.45) is 0 Å². The molecule has 0 aliphatic carbocycles. The summed E-state index contributed by atoms with van der Waals surface area (Å²) in [7, 11) is -3.87. The fraction of sp³-hybridized carbons (Fsp3) is 0.0606. The van der Waals surface area contributed by atoms with Crippen molar-refractivity contribution < 1.29 is 22.3 Å². The molecule has 0 bridgehead atoms. The van der Waals surface area contributed by atoms with Gasteiger partial charge in [0.15, 0.2) is 11.6 Å². The number of para-hydroxylation sites is 1. The molecular weight excluding hydrogens is 628 g/mol. The lowest BCUT2D eigenvalue weighted by atomic mass is 10.1. The number of nitrogens with zero attached hydrogens (tertiary/aromatic N) is 3. The number of aryl methyl sites for hydroxylation is 2. The second kappa shape index (κ2) is 11.1. The molecule has 4 heterocycles. The highest BCUT2D eigenvalue weighted by atomic mass is 32.2. The summed E-state index contributed by atoms with van der Waals surface area (Å²) >= 11 is 1.36. The van der Waals surface area contributed by atoms with Gasteiger partial charge in [0.05, 0.1) is 35.0 Å². The first-order valence-electron chi connectivity index (χ1n) is 14.0. The molecule has 0 aliphatic heterocycles. The van der Waals surface area contributed by atoms with Crippen LogP contribution in [0.5, 0.6) is 11.6 Å². The lowest BCUT2D eigenvalue weighted by Gasteiger charge is -2.11. The molecule has 230 valence electrons. The zero-order valence-electron chi connectivity index (χ0n) is 24.4. The minimum Gasteiger partial charge on any atom is -0.436 e. The van der Waals surface area contributed by atoms with Crippen molar-refractivity contribution in [3.63, 3.8) is 0 Å². The molecule has 10 nitrogen and oxygen atoms in total. The van der Waals surface area contributed by atoms with E-state index < -0.39 is 21.6 Å². The first-order valence-corrected chi connectivity index (χ1v) is 16.4. The molecule has 0 spiro atoms. The molecule has 13 heteroatoms. The number of H-pyrrole nitrogens is 1. The van der Waals surface area contributed by atoms with Gasteiger partial charge in [-0.25, -0.2) is 22.5 Å². The molecule has 0 aliphatic rings. The predicted octanol–water partition coefficient (Wildman–Crippen LogP) is 7.13. The maximum Gasteiger partial charge on any atom is 0.263 e. The zero-order valence-corrected chi connectivity index (χ0v) is 26.0. The minimum atomic E-state index is -3.87. The largest absolute Gasteiger partial charge is 0.436 e. The molecule has 3 aromatic carbocycles. The summed E-state index contributed by atoms with van der Waals surface area (Å²) in [4.78, 5) is 21.2. The van der Waals surface area contributed by atoms with Crippen molar-refractivity contribution in [3.05, 3.63) is 119 Å². The molecule has 0 unspecified atom stereocenters. The summed E-state index contributed by atoms with van der Waals surface area (Å²) in [6, 6.07) is 20.1. The van der Waals surface area contributed by atoms with E-state index in [0.717, 1.165) is 10.1 Å². The predicted molar refractivity (Wildman–Crippen MR) is 176 cm³/mol. The molecule has 46 heavy (non-hydrogen) atoms. The number of benzene rings is 3. The highest BCUT2D eigenvalue weighted by Crippen LogP contribution is 2.33. The van der Waals surface area contributed by atoms with E-state index in [0.29, 0.717) is 33.4 Å². The van der Waals surface area contributed by atoms with Gasteiger partial charge in [0, 0.05) is 32.4 Å². The number of nitrogens with two attached hydrogens (primary N) is 1. The molecule has 4 aromatic heterocycles. The van der Waals surface area contributed by atoms with Crippen molar-refractivity contribution in [1.82, 2.24) is 19.7 Å². The van der Waals surface area contributed by atoms with E-state index in [4.69, 9.17) is 10.5 Å². The third-order valence-electron chi connectivity index (χ3n) is 7.58. The molecule has 0 atom stereocenters. The average Bonchev–Trinajstić information content (AvgIpc) is 3.75. The van der Waals surface area contributed by atoms with Gasteiger partial charge in [-0.05, 0) is 61.4 Å². The standard InChI is InChI=1S/C33H25FN6O4S2/c1-18-11-20-13-26(38-25(20)14-24(18)39-46(42,43)30-17-45-29-10-6-3-7-21(29)30)32(41)22-15-37-40(33(22)35)27-16-36-31(12-19(27)2)44-28-9-5-4-8-23(28)34/h3-17,38-39H,35H2,1-2H3. The van der Waals surface area contributed by atoms with Gasteiger partial charge in [-0.2, -0.15) is 5.10 Å². The Balaban J connectivity index is 1.15. The Labute approximate surface area is 266 Å². The maximum absolute atomic E-state index is 14.0. The van der Waals surface area contributed by atoms with Crippen LogP contribution in [0.2, 0.25) is 0 Å². The van der Waals surface area contributed by atoms with Crippen molar-refractivity contribution in [2.75, 3.05) is 10.5 Å². The lowest BCUT2D eigenvalue weighted by molar-refractivity contribution is 0.103. The second-order valence-electron chi connectivity index (χ2n) is 10.7. The van der Waals surface area contributed by atoms with Gasteiger partial charge >= 0.3 is 0 Å². The van der Waals surface area contributed by atoms with Crippen molar-refractivity contribution in [1.29, 1.82) is 0 Å². The van der Waals surface area contributed by atoms with Gasteiger partial charge in [-0.3, -0.25) is 9.52 Å². The van der Waals surface area contributed by atoms with E-state index in [-0.39, 0.29) is 33.6 Å². The molecule has 0 fully saturated rings. The van der Waals surface area contributed by atoms with Crippen LogP contribution in [0.3, 0.4) is 0 Å². The maximum atomic E-state index is 14.0. The highest BCUT2D eigenvalue weighted by molar-refractivity contribution is 7.93. The van der Waals surface area contributed by atoms with Crippen LogP contribution in [0.25, 0.3) is 26.7 Å². The number of halogens is 1. The SMILES string of the molecule is Cc1cc2cc(C(=O)c3cnn(-c4cnc(Oc5ccccc5F)cc4C)c3N)[nH]c2cc1NS(=O)(=O)c1csc2ccccc12. The minimum absolute atomic E-state index is 0.0442. The van der Waals surface area contributed by atoms with Crippen LogP contribution in [0.1, 0.15) is 27.2 Å². The van der Waals surface area contributed by atoms with Gasteiger partial charge in [-0.15, -0.1) is 11.3 Å². The first-order chi connectivity index (χ1) is 22.1. The van der Waals surface area contributed by atoms with Crippen molar-refractivity contribution >= 4 is 59.6 Å². The number of nitrogens with one attached hydrogen (secondary N) is 2. The van der Waals surface area contributed by atoms with Crippen molar-refractivity contribution in [2.45, 2.75) is 18.7 Å². The summed E-state index contributed by atoms with van der Waals surface area (Å²) < 4.78 is 51.3. The number of fused-ring (bicyclic) bond motifs is 2. The van der Waals surface area contributed by atoms with Crippen LogP contribution in [0, 0.1) is 19.7 Å². The van der Waals surface area contributed by atoms with Gasteiger partial charge < -0.3 is 15.5 Å². The number of hydrogen-bond acceptors (Lipinski definition) is 8. The van der Waals surface area contributed by atoms with Gasteiger partial charge in [0.25, 0.3) is 10.0 Å². The van der Waals surface area contributed by atoms with E-state index in [1.54, 1.807) is 67.8 Å². The Bertz CT molecular complexity index is 2430. The van der Waals surface area contributed by atoms with Crippen LogP contribution in [0.15, 0.2) is 95.5 Å². The van der Waals surface area contributed by atoms with E-state index in [1.807, 2.05) is 12.1 Å². The normalized spacial score (nSPS) is 11.7. The quantitative estimate of drug-likeness (QED) is 0.148. The number of hydrogen-bond donors (Lipinski definition) is 3. The number of carbonyl (C=O) groups excluding carboxylic acids is 1. The lowest BCUT2D eigenvalue weighted by Crippen LogP contribution is -2.13. The summed E-state index contributed by atoms with van der Waals surface area (Å²) in [5.74, 6) is -0.573. The van der Waals surface area contributed by atoms with E-state index in [9.17, 15) is 17.6 Å². The number of ketones is 1. The second-order valence-corrected chi connectivity index (χ2v) is 13.2. The molecule has 0 amide bonds. The summed E-state index contributed by atoms with van der Waals surface area (Å²) in [6.07, 6.45) is 2.86. The first kappa shape index (κ1) is 29.2. The van der Waals surface area contributed by atoms with Crippen LogP contribution < -0.4 is 15.2 Å². The molecule has 0 saturated carbocycles. The number of aromatic amines is 1. The molecule has 0 radical (unpaired) electrons. The fourth-order valence-electron chi connectivity index (χ4n) is 5.20. The molecule has 4 N–H and O–H groups in total. The Morgan fingerprint density at radius 1 is 1.02 bits per heavy atom. The number of carbonyl (C=O) groups is 1. The van der Waals surface area contributed by atoms with Crippen molar-refractivity contribution in [3.8, 4) is 17.3 Å².